The van der Waals surface area contributed by atoms with Crippen molar-refractivity contribution in [2.45, 2.75) is 18.3 Å². The summed E-state index contributed by atoms with van der Waals surface area (Å²) in [6.45, 7) is 1.19. The molecule has 0 aromatic heterocycles. The van der Waals surface area contributed by atoms with Crippen LogP contribution in [0.25, 0.3) is 0 Å². The van der Waals surface area contributed by atoms with Crippen LogP contribution in [-0.4, -0.2) is 19.1 Å². The molecule has 0 radical (unpaired) electrons. The summed E-state index contributed by atoms with van der Waals surface area (Å²) in [6, 6.07) is 17.9. The van der Waals surface area contributed by atoms with Crippen molar-refractivity contribution >= 4 is 11.6 Å². The lowest BCUT2D eigenvalue weighted by molar-refractivity contribution is -0.121. The maximum absolute atomic E-state index is 13.1. The number of benzene rings is 2. The van der Waals surface area contributed by atoms with E-state index >= 15 is 0 Å². The highest BCUT2D eigenvalue weighted by Gasteiger charge is 2.53. The number of carbonyl (C=O) groups excluding carboxylic acids is 1. The number of amides is 1. The van der Waals surface area contributed by atoms with Crippen LogP contribution in [0, 0.1) is 0 Å². The molecule has 1 aliphatic heterocycles. The van der Waals surface area contributed by atoms with Crippen molar-refractivity contribution in [1.82, 2.24) is 0 Å². The molecule has 0 N–H and O–H groups in total. The second-order valence-electron chi connectivity index (χ2n) is 5.72. The Bertz CT molecular complexity index is 677. The van der Waals surface area contributed by atoms with Gasteiger partial charge in [0.05, 0.1) is 17.6 Å². The molecule has 1 heterocycles. The van der Waals surface area contributed by atoms with Gasteiger partial charge in [0, 0.05) is 0 Å². The smallest absolute Gasteiger partial charge is 0.237 e. The summed E-state index contributed by atoms with van der Waals surface area (Å²) < 4.78 is 5.65. The molecular formula is C18H17NO2. The van der Waals surface area contributed by atoms with E-state index in [0.29, 0.717) is 13.2 Å². The van der Waals surface area contributed by atoms with Gasteiger partial charge in [0.1, 0.15) is 12.4 Å². The Labute approximate surface area is 124 Å². The van der Waals surface area contributed by atoms with Gasteiger partial charge >= 0.3 is 0 Å². The normalized spacial score (nSPS) is 18.6. The molecule has 2 aliphatic rings. The summed E-state index contributed by atoms with van der Waals surface area (Å²) in [4.78, 5) is 15.0. The van der Waals surface area contributed by atoms with Crippen LogP contribution >= 0.6 is 0 Å². The van der Waals surface area contributed by atoms with Gasteiger partial charge in [0.2, 0.25) is 5.91 Å². The van der Waals surface area contributed by atoms with Gasteiger partial charge in [-0.25, -0.2) is 0 Å². The van der Waals surface area contributed by atoms with Crippen molar-refractivity contribution in [1.29, 1.82) is 0 Å². The second kappa shape index (κ2) is 4.62. The summed E-state index contributed by atoms with van der Waals surface area (Å²) in [7, 11) is 0. The first kappa shape index (κ1) is 12.5. The lowest BCUT2D eigenvalue weighted by Gasteiger charge is -2.32. The average molecular weight is 279 g/mol. The quantitative estimate of drug-likeness (QED) is 0.845. The highest BCUT2D eigenvalue weighted by atomic mass is 16.5. The zero-order valence-electron chi connectivity index (χ0n) is 11.8. The number of para-hydroxylation sites is 2. The standard InChI is InChI=1S/C18H17NO2/c20-17(18(10-11-18)14-6-2-1-3-7-14)19-12-13-21-16-9-5-4-8-15(16)19/h1-9H,10-13H2. The Hall–Kier alpha value is -2.29. The molecule has 1 saturated carbocycles. The first-order valence-corrected chi connectivity index (χ1v) is 7.41. The molecule has 3 heteroatoms. The summed E-state index contributed by atoms with van der Waals surface area (Å²) in [5, 5.41) is 0. The van der Waals surface area contributed by atoms with Crippen LogP contribution in [-0.2, 0) is 10.2 Å². The molecule has 3 nitrogen and oxygen atoms in total. The van der Waals surface area contributed by atoms with Crippen molar-refractivity contribution in [2.24, 2.45) is 0 Å². The lowest BCUT2D eigenvalue weighted by atomic mass is 9.94. The van der Waals surface area contributed by atoms with Crippen LogP contribution in [0.2, 0.25) is 0 Å². The highest BCUT2D eigenvalue weighted by molar-refractivity contribution is 6.04. The van der Waals surface area contributed by atoms with Crippen LogP contribution < -0.4 is 9.64 Å². The number of anilines is 1. The van der Waals surface area contributed by atoms with Crippen LogP contribution in [0.5, 0.6) is 5.75 Å². The van der Waals surface area contributed by atoms with Crippen molar-refractivity contribution in [3.8, 4) is 5.75 Å². The third-order valence-corrected chi connectivity index (χ3v) is 4.46. The molecule has 1 amide bonds. The Balaban J connectivity index is 1.71. The van der Waals surface area contributed by atoms with Gasteiger partial charge in [-0.15, -0.1) is 0 Å². The highest BCUT2D eigenvalue weighted by Crippen LogP contribution is 2.50. The number of nitrogens with zero attached hydrogens (tertiary/aromatic N) is 1. The molecule has 0 spiro atoms. The van der Waals surface area contributed by atoms with E-state index in [2.05, 4.69) is 12.1 Å². The fraction of sp³-hybridized carbons (Fsp3) is 0.278. The Morgan fingerprint density at radius 1 is 1.00 bits per heavy atom. The number of ether oxygens (including phenoxy) is 1. The SMILES string of the molecule is O=C(N1CCOc2ccccc21)C1(c2ccccc2)CC1. The lowest BCUT2D eigenvalue weighted by Crippen LogP contribution is -2.43. The van der Waals surface area contributed by atoms with E-state index < -0.39 is 0 Å². The van der Waals surface area contributed by atoms with Crippen molar-refractivity contribution < 1.29 is 9.53 Å². The Morgan fingerprint density at radius 3 is 2.48 bits per heavy atom. The minimum Gasteiger partial charge on any atom is -0.490 e. The molecule has 0 unspecified atom stereocenters. The third-order valence-electron chi connectivity index (χ3n) is 4.46. The van der Waals surface area contributed by atoms with Gasteiger partial charge in [0.15, 0.2) is 0 Å². The van der Waals surface area contributed by atoms with Crippen LogP contribution in [0.1, 0.15) is 18.4 Å². The molecular weight excluding hydrogens is 262 g/mol. The summed E-state index contributed by atoms with van der Waals surface area (Å²) in [5.74, 6) is 1.02. The van der Waals surface area contributed by atoms with Gasteiger partial charge in [-0.3, -0.25) is 4.79 Å². The number of fused-ring (bicyclic) bond motifs is 1. The fourth-order valence-electron chi connectivity index (χ4n) is 3.15. The minimum atomic E-state index is -0.314. The van der Waals surface area contributed by atoms with Gasteiger partial charge in [-0.2, -0.15) is 0 Å². The van der Waals surface area contributed by atoms with Crippen molar-refractivity contribution in [3.05, 3.63) is 60.2 Å². The zero-order valence-corrected chi connectivity index (χ0v) is 11.8. The molecule has 106 valence electrons. The number of hydrogen-bond donors (Lipinski definition) is 0. The number of hydrogen-bond acceptors (Lipinski definition) is 2. The van der Waals surface area contributed by atoms with E-state index in [-0.39, 0.29) is 11.3 Å². The second-order valence-corrected chi connectivity index (χ2v) is 5.72. The van der Waals surface area contributed by atoms with Crippen LogP contribution in [0.3, 0.4) is 0 Å². The van der Waals surface area contributed by atoms with E-state index in [1.54, 1.807) is 0 Å². The predicted molar refractivity (Wildman–Crippen MR) is 81.6 cm³/mol. The first-order chi connectivity index (χ1) is 10.3. The fourth-order valence-corrected chi connectivity index (χ4v) is 3.15. The number of rotatable bonds is 2. The summed E-state index contributed by atoms with van der Waals surface area (Å²) in [5.41, 5.74) is 1.72. The topological polar surface area (TPSA) is 29.5 Å². The maximum Gasteiger partial charge on any atom is 0.237 e. The summed E-state index contributed by atoms with van der Waals surface area (Å²) >= 11 is 0. The van der Waals surface area contributed by atoms with E-state index in [1.165, 1.54) is 0 Å². The minimum absolute atomic E-state index is 0.212. The first-order valence-electron chi connectivity index (χ1n) is 7.41. The molecule has 2 aromatic carbocycles. The van der Waals surface area contributed by atoms with Gasteiger partial charge in [0.25, 0.3) is 0 Å². The molecule has 4 rings (SSSR count). The van der Waals surface area contributed by atoms with Crippen molar-refractivity contribution in [2.75, 3.05) is 18.1 Å². The van der Waals surface area contributed by atoms with Crippen molar-refractivity contribution in [3.63, 3.8) is 0 Å². The van der Waals surface area contributed by atoms with E-state index in [4.69, 9.17) is 4.74 Å². The molecule has 1 fully saturated rings. The van der Waals surface area contributed by atoms with E-state index in [9.17, 15) is 4.79 Å². The third kappa shape index (κ3) is 1.92. The van der Waals surface area contributed by atoms with E-state index in [1.807, 2.05) is 47.4 Å². The number of carbonyl (C=O) groups is 1. The average Bonchev–Trinajstić information content (AvgIpc) is 3.36. The summed E-state index contributed by atoms with van der Waals surface area (Å²) in [6.07, 6.45) is 1.88. The van der Waals surface area contributed by atoms with E-state index in [0.717, 1.165) is 29.8 Å². The van der Waals surface area contributed by atoms with Gasteiger partial charge in [-0.05, 0) is 30.5 Å². The zero-order chi connectivity index (χ0) is 14.3. The molecule has 21 heavy (non-hydrogen) atoms. The maximum atomic E-state index is 13.1. The Kier molecular flexibility index (Phi) is 2.74. The predicted octanol–water partition coefficient (Wildman–Crippen LogP) is 3.14. The van der Waals surface area contributed by atoms with Gasteiger partial charge < -0.3 is 9.64 Å². The largest absolute Gasteiger partial charge is 0.490 e. The molecule has 0 saturated heterocycles. The van der Waals surface area contributed by atoms with Crippen LogP contribution in [0.15, 0.2) is 54.6 Å². The monoisotopic (exact) mass is 279 g/mol. The molecule has 0 bridgehead atoms. The van der Waals surface area contributed by atoms with Crippen LogP contribution in [0.4, 0.5) is 5.69 Å². The molecule has 1 aliphatic carbocycles. The molecule has 0 atom stereocenters. The Morgan fingerprint density at radius 2 is 1.71 bits per heavy atom. The van der Waals surface area contributed by atoms with Gasteiger partial charge in [-0.1, -0.05) is 42.5 Å². The molecule has 2 aromatic rings.